The Balaban J connectivity index is 1.56. The first-order chi connectivity index (χ1) is 11.1. The van der Waals surface area contributed by atoms with Crippen molar-refractivity contribution in [2.24, 2.45) is 0 Å². The Morgan fingerprint density at radius 1 is 1.35 bits per heavy atom. The van der Waals surface area contributed by atoms with Gasteiger partial charge in [0, 0.05) is 29.7 Å². The molecule has 122 valence electrons. The molecule has 4 rings (SSSR count). The zero-order valence-electron chi connectivity index (χ0n) is 13.7. The third-order valence-corrected chi connectivity index (χ3v) is 5.28. The Hall–Kier alpha value is -2.01. The van der Waals surface area contributed by atoms with Crippen molar-refractivity contribution in [3.8, 4) is 0 Å². The zero-order chi connectivity index (χ0) is 16.0. The summed E-state index contributed by atoms with van der Waals surface area (Å²) >= 11 is 0. The second kappa shape index (κ2) is 5.57. The standard InChI is InChI=1S/C18H23N3O2/c1-20(2)14-8-13(9-14)16-10-19-17-4-3-12(7-15(16)17)11-21-5-6-23-18(21)22/h3-4,7,10,13-14,19H,5-6,8-9,11H2,1-2H3/t13-,14-. The van der Waals surface area contributed by atoms with E-state index in [0.29, 0.717) is 31.7 Å². The van der Waals surface area contributed by atoms with Crippen LogP contribution in [0.5, 0.6) is 0 Å². The van der Waals surface area contributed by atoms with Gasteiger partial charge in [0.2, 0.25) is 0 Å². The van der Waals surface area contributed by atoms with Gasteiger partial charge < -0.3 is 19.5 Å². The first-order valence-corrected chi connectivity index (χ1v) is 8.30. The molecule has 5 heteroatoms. The van der Waals surface area contributed by atoms with Gasteiger partial charge in [0.25, 0.3) is 0 Å². The van der Waals surface area contributed by atoms with Crippen LogP contribution in [0.25, 0.3) is 10.9 Å². The lowest BCUT2D eigenvalue weighted by Gasteiger charge is -2.39. The summed E-state index contributed by atoms with van der Waals surface area (Å²) in [7, 11) is 4.31. The molecule has 1 saturated heterocycles. The number of H-pyrrole nitrogens is 1. The minimum absolute atomic E-state index is 0.202. The number of aromatic amines is 1. The number of cyclic esters (lactones) is 1. The van der Waals surface area contributed by atoms with Gasteiger partial charge >= 0.3 is 6.09 Å². The molecule has 0 spiro atoms. The van der Waals surface area contributed by atoms with Crippen molar-refractivity contribution in [3.63, 3.8) is 0 Å². The highest BCUT2D eigenvalue weighted by molar-refractivity contribution is 5.84. The zero-order valence-corrected chi connectivity index (χ0v) is 13.7. The molecule has 1 amide bonds. The number of fused-ring (bicyclic) bond motifs is 1. The van der Waals surface area contributed by atoms with Crippen molar-refractivity contribution in [2.75, 3.05) is 27.2 Å². The molecule has 0 bridgehead atoms. The summed E-state index contributed by atoms with van der Waals surface area (Å²) in [4.78, 5) is 19.1. The van der Waals surface area contributed by atoms with Crippen LogP contribution in [-0.2, 0) is 11.3 Å². The molecule has 1 saturated carbocycles. The molecule has 0 radical (unpaired) electrons. The number of ether oxygens (including phenoxy) is 1. The van der Waals surface area contributed by atoms with Gasteiger partial charge in [-0.3, -0.25) is 0 Å². The van der Waals surface area contributed by atoms with Crippen LogP contribution in [0.1, 0.15) is 29.9 Å². The van der Waals surface area contributed by atoms with E-state index in [-0.39, 0.29) is 6.09 Å². The number of aromatic nitrogens is 1. The number of carbonyl (C=O) groups excluding carboxylic acids is 1. The second-order valence-corrected chi connectivity index (χ2v) is 6.95. The van der Waals surface area contributed by atoms with E-state index in [4.69, 9.17) is 4.74 Å². The van der Waals surface area contributed by atoms with Gasteiger partial charge in [0.1, 0.15) is 6.61 Å². The van der Waals surface area contributed by atoms with Gasteiger partial charge in [0.05, 0.1) is 6.54 Å². The molecule has 0 unspecified atom stereocenters. The van der Waals surface area contributed by atoms with Gasteiger partial charge in [-0.15, -0.1) is 0 Å². The maximum Gasteiger partial charge on any atom is 0.410 e. The normalized spacial score (nSPS) is 24.3. The highest BCUT2D eigenvalue weighted by Gasteiger charge is 2.33. The number of hydrogen-bond acceptors (Lipinski definition) is 3. The molecule has 1 aliphatic carbocycles. The molecule has 5 nitrogen and oxygen atoms in total. The van der Waals surface area contributed by atoms with E-state index in [1.165, 1.54) is 34.9 Å². The molecule has 1 aromatic carbocycles. The maximum absolute atomic E-state index is 11.6. The SMILES string of the molecule is CN(C)[C@H]1C[C@H](c2c[nH]c3ccc(CN4CCOC4=O)cc32)C1. The number of benzene rings is 1. The molecule has 1 aromatic heterocycles. The van der Waals surface area contributed by atoms with E-state index < -0.39 is 0 Å². The number of rotatable bonds is 4. The Morgan fingerprint density at radius 3 is 2.87 bits per heavy atom. The first kappa shape index (κ1) is 14.6. The highest BCUT2D eigenvalue weighted by Crippen LogP contribution is 2.41. The molecule has 2 fully saturated rings. The first-order valence-electron chi connectivity index (χ1n) is 8.30. The fourth-order valence-electron chi connectivity index (χ4n) is 3.68. The second-order valence-electron chi connectivity index (χ2n) is 6.95. The lowest BCUT2D eigenvalue weighted by atomic mass is 9.75. The van der Waals surface area contributed by atoms with Gasteiger partial charge in [-0.25, -0.2) is 4.79 Å². The number of hydrogen-bond donors (Lipinski definition) is 1. The fraction of sp³-hybridized carbons (Fsp3) is 0.500. The topological polar surface area (TPSA) is 48.6 Å². The van der Waals surface area contributed by atoms with Gasteiger partial charge in [-0.05, 0) is 56.1 Å². The lowest BCUT2D eigenvalue weighted by Crippen LogP contribution is -2.39. The Morgan fingerprint density at radius 2 is 2.17 bits per heavy atom. The third kappa shape index (κ3) is 2.59. The van der Waals surface area contributed by atoms with E-state index >= 15 is 0 Å². The molecule has 2 aromatic rings. The summed E-state index contributed by atoms with van der Waals surface area (Å²) in [6, 6.07) is 7.15. The van der Waals surface area contributed by atoms with Crippen LogP contribution in [0.4, 0.5) is 4.79 Å². The Labute approximate surface area is 136 Å². The third-order valence-electron chi connectivity index (χ3n) is 5.28. The van der Waals surface area contributed by atoms with Crippen LogP contribution in [0.2, 0.25) is 0 Å². The van der Waals surface area contributed by atoms with Crippen LogP contribution in [0, 0.1) is 0 Å². The van der Waals surface area contributed by atoms with Crippen LogP contribution < -0.4 is 0 Å². The van der Waals surface area contributed by atoms with Crippen molar-refractivity contribution in [2.45, 2.75) is 31.3 Å². The van der Waals surface area contributed by atoms with Crippen molar-refractivity contribution >= 4 is 17.0 Å². The monoisotopic (exact) mass is 313 g/mol. The summed E-state index contributed by atoms with van der Waals surface area (Å²) in [6.45, 7) is 1.82. The number of amides is 1. The molecular weight excluding hydrogens is 290 g/mol. The molecular formula is C18H23N3O2. The van der Waals surface area contributed by atoms with Crippen molar-refractivity contribution in [3.05, 3.63) is 35.5 Å². The van der Waals surface area contributed by atoms with E-state index in [0.717, 1.165) is 0 Å². The Bertz CT molecular complexity index is 731. The summed E-state index contributed by atoms with van der Waals surface area (Å²) in [5.41, 5.74) is 3.77. The quantitative estimate of drug-likeness (QED) is 0.944. The fourth-order valence-corrected chi connectivity index (χ4v) is 3.68. The minimum atomic E-state index is -0.202. The van der Waals surface area contributed by atoms with Crippen LogP contribution in [0.15, 0.2) is 24.4 Å². The summed E-state index contributed by atoms with van der Waals surface area (Å²) in [5.74, 6) is 0.642. The molecule has 23 heavy (non-hydrogen) atoms. The van der Waals surface area contributed by atoms with Crippen LogP contribution in [-0.4, -0.2) is 54.2 Å². The van der Waals surface area contributed by atoms with Crippen LogP contribution >= 0.6 is 0 Å². The average molecular weight is 313 g/mol. The highest BCUT2D eigenvalue weighted by atomic mass is 16.6. The van der Waals surface area contributed by atoms with Gasteiger partial charge in [-0.2, -0.15) is 0 Å². The van der Waals surface area contributed by atoms with Crippen LogP contribution in [0.3, 0.4) is 0 Å². The van der Waals surface area contributed by atoms with Gasteiger partial charge in [-0.1, -0.05) is 6.07 Å². The van der Waals surface area contributed by atoms with E-state index in [1.807, 2.05) is 0 Å². The lowest BCUT2D eigenvalue weighted by molar-refractivity contribution is 0.157. The summed E-state index contributed by atoms with van der Waals surface area (Å²) < 4.78 is 5.01. The molecule has 0 atom stereocenters. The average Bonchev–Trinajstić information content (AvgIpc) is 3.05. The largest absolute Gasteiger partial charge is 0.448 e. The van der Waals surface area contributed by atoms with Crippen molar-refractivity contribution < 1.29 is 9.53 Å². The molecule has 2 aliphatic rings. The molecule has 2 heterocycles. The molecule has 1 N–H and O–H groups in total. The van der Waals surface area contributed by atoms with Gasteiger partial charge in [0.15, 0.2) is 0 Å². The predicted molar refractivity (Wildman–Crippen MR) is 89.5 cm³/mol. The smallest absolute Gasteiger partial charge is 0.410 e. The minimum Gasteiger partial charge on any atom is -0.448 e. The number of carbonyl (C=O) groups is 1. The predicted octanol–water partition coefficient (Wildman–Crippen LogP) is 2.93. The van der Waals surface area contributed by atoms with E-state index in [2.05, 4.69) is 48.4 Å². The number of nitrogens with one attached hydrogen (secondary N) is 1. The van der Waals surface area contributed by atoms with E-state index in [9.17, 15) is 4.79 Å². The summed E-state index contributed by atoms with van der Waals surface area (Å²) in [5, 5.41) is 1.30. The number of nitrogens with zero attached hydrogens (tertiary/aromatic N) is 2. The van der Waals surface area contributed by atoms with Crippen molar-refractivity contribution in [1.29, 1.82) is 0 Å². The van der Waals surface area contributed by atoms with Crippen molar-refractivity contribution in [1.82, 2.24) is 14.8 Å². The maximum atomic E-state index is 11.6. The molecule has 1 aliphatic heterocycles. The van der Waals surface area contributed by atoms with E-state index in [1.54, 1.807) is 4.90 Å². The summed E-state index contributed by atoms with van der Waals surface area (Å²) in [6.07, 6.45) is 4.41. The Kier molecular flexibility index (Phi) is 3.53.